The first kappa shape index (κ1) is 26.4. The van der Waals surface area contributed by atoms with Gasteiger partial charge in [0, 0.05) is 25.7 Å². The van der Waals surface area contributed by atoms with Crippen LogP contribution in [0, 0.1) is 0 Å². The Morgan fingerprint density at radius 1 is 1.06 bits per heavy atom. The molecule has 190 valence electrons. The van der Waals surface area contributed by atoms with Crippen molar-refractivity contribution in [3.05, 3.63) is 66.5 Å². The van der Waals surface area contributed by atoms with Crippen molar-refractivity contribution in [1.29, 1.82) is 0 Å². The predicted octanol–water partition coefficient (Wildman–Crippen LogP) is 3.71. The molecular formula is C26H29N3O7. The van der Waals surface area contributed by atoms with E-state index in [-0.39, 0.29) is 24.6 Å². The lowest BCUT2D eigenvalue weighted by molar-refractivity contribution is -0.257. The zero-order valence-electron chi connectivity index (χ0n) is 20.9. The number of esters is 1. The topological polar surface area (TPSA) is 118 Å². The molecule has 0 saturated heterocycles. The molecule has 1 heterocycles. The monoisotopic (exact) mass is 495 g/mol. The van der Waals surface area contributed by atoms with E-state index in [9.17, 15) is 19.5 Å². The summed E-state index contributed by atoms with van der Waals surface area (Å²) in [6, 6.07) is 12.6. The number of quaternary nitrogens is 1. The second-order valence-electron chi connectivity index (χ2n) is 9.10. The molecule has 0 radical (unpaired) electrons. The maximum atomic E-state index is 12.5. The molecule has 3 rings (SSSR count). The third-order valence-corrected chi connectivity index (χ3v) is 5.34. The van der Waals surface area contributed by atoms with Crippen LogP contribution in [0.15, 0.2) is 65.9 Å². The van der Waals surface area contributed by atoms with Crippen molar-refractivity contribution >= 4 is 29.7 Å². The smallest absolute Gasteiger partial charge is 0.410 e. The number of carbonyl (C=O) groups excluding carboxylic acids is 3. The van der Waals surface area contributed by atoms with Crippen LogP contribution in [-0.2, 0) is 4.74 Å². The molecule has 1 aliphatic heterocycles. The molecule has 0 bridgehead atoms. The number of amidine groups is 1. The Hall–Kier alpha value is -4.18. The molecule has 0 fully saturated rings. The van der Waals surface area contributed by atoms with Crippen molar-refractivity contribution in [3.63, 3.8) is 0 Å². The third kappa shape index (κ3) is 5.89. The second kappa shape index (κ2) is 10.6. The highest BCUT2D eigenvalue weighted by Gasteiger charge is 2.41. The first-order valence-electron chi connectivity index (χ1n) is 11.2. The minimum Gasteiger partial charge on any atom is -0.497 e. The van der Waals surface area contributed by atoms with Crippen molar-refractivity contribution in [2.24, 2.45) is 4.99 Å². The summed E-state index contributed by atoms with van der Waals surface area (Å²) in [5.74, 6) is 0.421. The van der Waals surface area contributed by atoms with Crippen LogP contribution >= 0.6 is 0 Å². The van der Waals surface area contributed by atoms with Crippen molar-refractivity contribution in [1.82, 2.24) is 9.38 Å². The van der Waals surface area contributed by atoms with Gasteiger partial charge in [-0.2, -0.15) is 4.48 Å². The van der Waals surface area contributed by atoms with Crippen LogP contribution in [0.5, 0.6) is 11.5 Å². The van der Waals surface area contributed by atoms with E-state index in [4.69, 9.17) is 14.2 Å². The van der Waals surface area contributed by atoms with Crippen molar-refractivity contribution in [2.45, 2.75) is 32.8 Å². The molecule has 0 N–H and O–H groups in total. The third-order valence-electron chi connectivity index (χ3n) is 5.34. The molecule has 1 atom stereocenters. The van der Waals surface area contributed by atoms with Crippen LogP contribution < -0.4 is 19.1 Å². The number of methoxy groups -OCH3 is 1. The van der Waals surface area contributed by atoms with Gasteiger partial charge in [-0.05, 0) is 51.1 Å². The lowest BCUT2D eigenvalue weighted by atomic mass is 10.2. The van der Waals surface area contributed by atoms with Crippen molar-refractivity contribution < 1.29 is 33.7 Å². The minimum absolute atomic E-state index is 0.156. The summed E-state index contributed by atoms with van der Waals surface area (Å²) < 4.78 is 15.1. The predicted molar refractivity (Wildman–Crippen MR) is 132 cm³/mol. The Labute approximate surface area is 209 Å². The fourth-order valence-corrected chi connectivity index (χ4v) is 3.51. The summed E-state index contributed by atoms with van der Waals surface area (Å²) in [6.45, 7) is 5.47. The minimum atomic E-state index is -1.41. The van der Waals surface area contributed by atoms with Gasteiger partial charge in [-0.25, -0.2) is 14.6 Å². The van der Waals surface area contributed by atoms with Crippen molar-refractivity contribution in [2.75, 3.05) is 20.7 Å². The van der Waals surface area contributed by atoms with Crippen LogP contribution in [-0.4, -0.2) is 55.2 Å². The SMILES string of the molecule is COc1cccc(C(=O)Oc2ccc([N+]3(C(=O)[O-])C=CN=C3CCN(C)C(=O)OC(C)(C)C)cc2)c1. The zero-order chi connectivity index (χ0) is 26.5. The molecule has 0 aromatic heterocycles. The summed E-state index contributed by atoms with van der Waals surface area (Å²) >= 11 is 0. The van der Waals surface area contributed by atoms with Gasteiger partial charge in [0.15, 0.2) is 0 Å². The fourth-order valence-electron chi connectivity index (χ4n) is 3.51. The van der Waals surface area contributed by atoms with E-state index >= 15 is 0 Å². The highest BCUT2D eigenvalue weighted by atomic mass is 16.6. The summed E-state index contributed by atoms with van der Waals surface area (Å²) in [6.07, 6.45) is 0.986. The van der Waals surface area contributed by atoms with Gasteiger partial charge in [-0.15, -0.1) is 0 Å². The second-order valence-corrected chi connectivity index (χ2v) is 9.10. The maximum absolute atomic E-state index is 12.5. The molecule has 1 unspecified atom stereocenters. The normalized spacial score (nSPS) is 16.8. The molecule has 2 amide bonds. The van der Waals surface area contributed by atoms with Crippen LogP contribution in [0.4, 0.5) is 15.3 Å². The Morgan fingerprint density at radius 3 is 2.36 bits per heavy atom. The highest BCUT2D eigenvalue weighted by molar-refractivity contribution is 6.10. The van der Waals surface area contributed by atoms with Gasteiger partial charge in [0.05, 0.1) is 25.3 Å². The van der Waals surface area contributed by atoms with Gasteiger partial charge in [-0.3, -0.25) is 0 Å². The molecule has 10 heteroatoms. The number of amides is 2. The van der Waals surface area contributed by atoms with Crippen LogP contribution in [0.1, 0.15) is 37.6 Å². The maximum Gasteiger partial charge on any atom is 0.410 e. The van der Waals surface area contributed by atoms with E-state index < -0.39 is 28.2 Å². The molecule has 36 heavy (non-hydrogen) atoms. The molecule has 0 saturated carbocycles. The van der Waals surface area contributed by atoms with Gasteiger partial charge in [0.1, 0.15) is 29.0 Å². The van der Waals surface area contributed by atoms with Crippen LogP contribution in [0.3, 0.4) is 0 Å². The number of ether oxygens (including phenoxy) is 3. The van der Waals surface area contributed by atoms with E-state index in [1.165, 1.54) is 48.7 Å². The molecule has 2 aromatic carbocycles. The number of carboxylic acid groups (broad SMARTS) is 1. The number of rotatable bonds is 7. The fraction of sp³-hybridized carbons (Fsp3) is 0.308. The molecule has 1 aliphatic rings. The standard InChI is InChI=1S/C26H29N3O7/c1-26(2,3)36-24(31)28(4)15-13-22-27-14-16-29(22,25(32)33)19-9-11-20(12-10-19)35-23(30)18-7-6-8-21(17-18)34-5/h6-12,14,16-17H,13,15H2,1-5H3. The number of aliphatic imine (C=N–C) groups is 1. The lowest BCUT2D eigenvalue weighted by Crippen LogP contribution is -2.59. The van der Waals surface area contributed by atoms with Gasteiger partial charge in [0.25, 0.3) is 6.09 Å². The summed E-state index contributed by atoms with van der Waals surface area (Å²) in [4.78, 5) is 42.7. The van der Waals surface area contributed by atoms with E-state index in [1.54, 1.807) is 52.1 Å². The molecule has 0 aliphatic carbocycles. The zero-order valence-corrected chi connectivity index (χ0v) is 20.9. The average molecular weight is 496 g/mol. The summed E-state index contributed by atoms with van der Waals surface area (Å²) in [7, 11) is 3.06. The quantitative estimate of drug-likeness (QED) is 0.326. The van der Waals surface area contributed by atoms with E-state index in [0.29, 0.717) is 17.0 Å². The number of carbonyl (C=O) groups is 3. The molecule has 0 spiro atoms. The number of hydrogen-bond acceptors (Lipinski definition) is 8. The number of nitrogens with zero attached hydrogens (tertiary/aromatic N) is 3. The Balaban J connectivity index is 1.74. The lowest BCUT2D eigenvalue weighted by Gasteiger charge is -2.32. The van der Waals surface area contributed by atoms with Crippen LogP contribution in [0.2, 0.25) is 0 Å². The molecule has 2 aromatic rings. The van der Waals surface area contributed by atoms with Crippen molar-refractivity contribution in [3.8, 4) is 11.5 Å². The van der Waals surface area contributed by atoms with Gasteiger partial charge >= 0.3 is 12.1 Å². The summed E-state index contributed by atoms with van der Waals surface area (Å²) in [5.41, 5.74) is -0.0216. The average Bonchev–Trinajstić information content (AvgIpc) is 3.27. The largest absolute Gasteiger partial charge is 0.497 e. The first-order valence-corrected chi connectivity index (χ1v) is 11.2. The summed E-state index contributed by atoms with van der Waals surface area (Å²) in [5, 5.41) is 12.3. The van der Waals surface area contributed by atoms with E-state index in [1.807, 2.05) is 0 Å². The Morgan fingerprint density at radius 2 is 1.75 bits per heavy atom. The number of hydrogen-bond donors (Lipinski definition) is 0. The Kier molecular flexibility index (Phi) is 7.79. The van der Waals surface area contributed by atoms with Gasteiger partial charge in [-0.1, -0.05) is 6.07 Å². The molecular weight excluding hydrogens is 466 g/mol. The Bertz CT molecular complexity index is 1200. The number of benzene rings is 2. The van der Waals surface area contributed by atoms with Gasteiger partial charge in [0.2, 0.25) is 5.84 Å². The first-order chi connectivity index (χ1) is 17.0. The van der Waals surface area contributed by atoms with E-state index in [2.05, 4.69) is 4.99 Å². The van der Waals surface area contributed by atoms with Crippen LogP contribution in [0.25, 0.3) is 0 Å². The van der Waals surface area contributed by atoms with Gasteiger partial charge < -0.3 is 29.0 Å². The molecule has 10 nitrogen and oxygen atoms in total. The highest BCUT2D eigenvalue weighted by Crippen LogP contribution is 2.31. The van der Waals surface area contributed by atoms with E-state index in [0.717, 1.165) is 0 Å².